The van der Waals surface area contributed by atoms with Crippen LogP contribution >= 0.6 is 0 Å². The minimum Gasteiger partial charge on any atom is -0.493 e. The Bertz CT molecular complexity index is 628. The van der Waals surface area contributed by atoms with Gasteiger partial charge in [-0.15, -0.1) is 0 Å². The van der Waals surface area contributed by atoms with Crippen molar-refractivity contribution in [3.63, 3.8) is 0 Å². The number of hydrogen-bond donors (Lipinski definition) is 2. The standard InChI is InChI=1S/C24H40N2O4/c1-25(21-6-4-3-5-7-21)16-22(28)18-30-23-9-8-20(14-24(23)29-2)15-26-12-10-19(17-27)11-13-26/h8-9,14,19,21-22,27-28H,3-7,10-13,15-18H2,1-2H3/t22-/m0/s1. The van der Waals surface area contributed by atoms with Gasteiger partial charge >= 0.3 is 0 Å². The van der Waals surface area contributed by atoms with E-state index in [1.807, 2.05) is 12.1 Å². The third kappa shape index (κ3) is 6.84. The van der Waals surface area contributed by atoms with Gasteiger partial charge in [0.1, 0.15) is 12.7 Å². The van der Waals surface area contributed by atoms with Crippen LogP contribution in [-0.2, 0) is 6.54 Å². The average molecular weight is 421 g/mol. The first kappa shape index (κ1) is 23.3. The fourth-order valence-corrected chi connectivity index (χ4v) is 4.76. The summed E-state index contributed by atoms with van der Waals surface area (Å²) < 4.78 is 11.5. The van der Waals surface area contributed by atoms with Gasteiger partial charge in [-0.2, -0.15) is 0 Å². The molecule has 1 aromatic carbocycles. The normalized spacial score (nSPS) is 20.4. The third-order valence-electron chi connectivity index (χ3n) is 6.73. The van der Waals surface area contributed by atoms with Crippen LogP contribution in [0.25, 0.3) is 0 Å². The number of benzene rings is 1. The van der Waals surface area contributed by atoms with Gasteiger partial charge in [0.2, 0.25) is 0 Å². The van der Waals surface area contributed by atoms with Crippen LogP contribution in [0.2, 0.25) is 0 Å². The van der Waals surface area contributed by atoms with Gasteiger partial charge in [-0.25, -0.2) is 0 Å². The third-order valence-corrected chi connectivity index (χ3v) is 6.73. The van der Waals surface area contributed by atoms with E-state index >= 15 is 0 Å². The fraction of sp³-hybridized carbons (Fsp3) is 0.750. The number of rotatable bonds is 10. The molecule has 3 rings (SSSR count). The summed E-state index contributed by atoms with van der Waals surface area (Å²) in [5.41, 5.74) is 1.19. The Balaban J connectivity index is 1.47. The van der Waals surface area contributed by atoms with Crippen molar-refractivity contribution in [2.75, 3.05) is 47.0 Å². The van der Waals surface area contributed by atoms with E-state index in [0.717, 1.165) is 32.5 Å². The highest BCUT2D eigenvalue weighted by atomic mass is 16.5. The van der Waals surface area contributed by atoms with Gasteiger partial charge in [0, 0.05) is 25.7 Å². The lowest BCUT2D eigenvalue weighted by Crippen LogP contribution is -2.40. The highest BCUT2D eigenvalue weighted by Crippen LogP contribution is 2.29. The molecule has 1 aliphatic heterocycles. The summed E-state index contributed by atoms with van der Waals surface area (Å²) in [5.74, 6) is 1.85. The largest absolute Gasteiger partial charge is 0.493 e. The second-order valence-electron chi connectivity index (χ2n) is 9.08. The monoisotopic (exact) mass is 420 g/mol. The smallest absolute Gasteiger partial charge is 0.161 e. The molecule has 1 saturated carbocycles. The Morgan fingerprint density at radius 1 is 1.10 bits per heavy atom. The molecular weight excluding hydrogens is 380 g/mol. The van der Waals surface area contributed by atoms with Gasteiger partial charge in [-0.05, 0) is 69.4 Å². The SMILES string of the molecule is COc1cc(CN2CCC(CO)CC2)ccc1OC[C@@H](O)CN(C)C1CCCCC1. The van der Waals surface area contributed by atoms with Crippen LogP contribution in [0.1, 0.15) is 50.5 Å². The zero-order valence-corrected chi connectivity index (χ0v) is 18.8. The second-order valence-corrected chi connectivity index (χ2v) is 9.08. The molecule has 0 aromatic heterocycles. The van der Waals surface area contributed by atoms with Crippen molar-refractivity contribution in [3.8, 4) is 11.5 Å². The molecule has 0 spiro atoms. The zero-order chi connectivity index (χ0) is 21.3. The molecule has 170 valence electrons. The number of nitrogens with zero attached hydrogens (tertiary/aromatic N) is 2. The average Bonchev–Trinajstić information content (AvgIpc) is 2.79. The minimum absolute atomic E-state index is 0.265. The number of likely N-dealkylation sites (tertiary alicyclic amines) is 1. The van der Waals surface area contributed by atoms with Crippen molar-refractivity contribution in [1.82, 2.24) is 9.80 Å². The summed E-state index contributed by atoms with van der Waals surface area (Å²) in [6.45, 7) is 4.12. The van der Waals surface area contributed by atoms with Crippen LogP contribution in [-0.4, -0.2) is 79.2 Å². The summed E-state index contributed by atoms with van der Waals surface area (Å²) in [6.07, 6.45) is 7.99. The Morgan fingerprint density at radius 2 is 1.83 bits per heavy atom. The number of methoxy groups -OCH3 is 1. The summed E-state index contributed by atoms with van der Waals surface area (Å²) in [5, 5.41) is 19.8. The molecule has 30 heavy (non-hydrogen) atoms. The summed E-state index contributed by atoms with van der Waals surface area (Å²) in [6, 6.07) is 6.65. The summed E-state index contributed by atoms with van der Waals surface area (Å²) >= 11 is 0. The second kappa shape index (κ2) is 11.9. The lowest BCUT2D eigenvalue weighted by molar-refractivity contribution is 0.0553. The molecule has 1 aliphatic carbocycles. The first-order valence-corrected chi connectivity index (χ1v) is 11.6. The van der Waals surface area contributed by atoms with Crippen molar-refractivity contribution >= 4 is 0 Å². The van der Waals surface area contributed by atoms with E-state index < -0.39 is 6.10 Å². The molecular formula is C24H40N2O4. The maximum Gasteiger partial charge on any atom is 0.161 e. The van der Waals surface area contributed by atoms with Gasteiger partial charge < -0.3 is 24.6 Å². The fourth-order valence-electron chi connectivity index (χ4n) is 4.76. The van der Waals surface area contributed by atoms with Gasteiger partial charge in [-0.1, -0.05) is 25.3 Å². The Labute approximate surface area is 181 Å². The summed E-state index contributed by atoms with van der Waals surface area (Å²) in [4.78, 5) is 4.71. The molecule has 2 N–H and O–H groups in total. The lowest BCUT2D eigenvalue weighted by Gasteiger charge is -2.32. The molecule has 6 nitrogen and oxygen atoms in total. The molecule has 6 heteroatoms. The topological polar surface area (TPSA) is 65.4 Å². The molecule has 0 amide bonds. The van der Waals surface area contributed by atoms with Crippen LogP contribution in [0.15, 0.2) is 18.2 Å². The van der Waals surface area contributed by atoms with Crippen LogP contribution in [0, 0.1) is 5.92 Å². The Kier molecular flexibility index (Phi) is 9.25. The number of likely N-dealkylation sites (N-methyl/N-ethyl adjacent to an activating group) is 1. The highest BCUT2D eigenvalue weighted by Gasteiger charge is 2.21. The zero-order valence-electron chi connectivity index (χ0n) is 18.8. The van der Waals surface area contributed by atoms with Crippen molar-refractivity contribution in [2.24, 2.45) is 5.92 Å². The first-order chi connectivity index (χ1) is 14.6. The van der Waals surface area contributed by atoms with Gasteiger partial charge in [0.15, 0.2) is 11.5 Å². The minimum atomic E-state index is -0.519. The predicted octanol–water partition coefficient (Wildman–Crippen LogP) is 2.90. The van der Waals surface area contributed by atoms with Crippen LogP contribution in [0.5, 0.6) is 11.5 Å². The maximum absolute atomic E-state index is 10.5. The lowest BCUT2D eigenvalue weighted by atomic mass is 9.94. The van der Waals surface area contributed by atoms with E-state index in [1.54, 1.807) is 7.11 Å². The number of aliphatic hydroxyl groups is 2. The van der Waals surface area contributed by atoms with E-state index in [2.05, 4.69) is 22.9 Å². The first-order valence-electron chi connectivity index (χ1n) is 11.6. The molecule has 0 unspecified atom stereocenters. The number of ether oxygens (including phenoxy) is 2. The molecule has 2 fully saturated rings. The molecule has 1 saturated heterocycles. The van der Waals surface area contributed by atoms with E-state index in [4.69, 9.17) is 9.47 Å². The summed E-state index contributed by atoms with van der Waals surface area (Å²) in [7, 11) is 3.77. The Morgan fingerprint density at radius 3 is 2.50 bits per heavy atom. The molecule has 1 heterocycles. The molecule has 0 radical (unpaired) electrons. The van der Waals surface area contributed by atoms with Gasteiger partial charge in [0.05, 0.1) is 7.11 Å². The number of piperidine rings is 1. The van der Waals surface area contributed by atoms with Crippen LogP contribution in [0.4, 0.5) is 0 Å². The number of aliphatic hydroxyl groups excluding tert-OH is 2. The highest BCUT2D eigenvalue weighted by molar-refractivity contribution is 5.43. The van der Waals surface area contributed by atoms with Crippen LogP contribution in [0.3, 0.4) is 0 Å². The van der Waals surface area contributed by atoms with Gasteiger partial charge in [-0.3, -0.25) is 4.90 Å². The van der Waals surface area contributed by atoms with Crippen molar-refractivity contribution in [1.29, 1.82) is 0 Å². The Hall–Kier alpha value is -1.34. The number of hydrogen-bond acceptors (Lipinski definition) is 6. The van der Waals surface area contributed by atoms with Crippen molar-refractivity contribution < 1.29 is 19.7 Å². The van der Waals surface area contributed by atoms with Crippen LogP contribution < -0.4 is 9.47 Å². The molecule has 1 atom stereocenters. The quantitative estimate of drug-likeness (QED) is 0.607. The van der Waals surface area contributed by atoms with E-state index in [-0.39, 0.29) is 6.61 Å². The van der Waals surface area contributed by atoms with E-state index in [1.165, 1.54) is 37.7 Å². The molecule has 2 aliphatic rings. The predicted molar refractivity (Wildman–Crippen MR) is 119 cm³/mol. The van der Waals surface area contributed by atoms with E-state index in [9.17, 15) is 10.2 Å². The van der Waals surface area contributed by atoms with Crippen molar-refractivity contribution in [2.45, 2.75) is 63.6 Å². The van der Waals surface area contributed by atoms with Crippen molar-refractivity contribution in [3.05, 3.63) is 23.8 Å². The molecule has 0 bridgehead atoms. The molecule has 1 aromatic rings. The van der Waals surface area contributed by atoms with Gasteiger partial charge in [0.25, 0.3) is 0 Å². The maximum atomic E-state index is 10.5. The van der Waals surface area contributed by atoms with E-state index in [0.29, 0.717) is 36.6 Å².